The number of carbonyl (C=O) groups excluding carboxylic acids is 2. The van der Waals surface area contributed by atoms with E-state index in [9.17, 15) is 9.59 Å². The van der Waals surface area contributed by atoms with E-state index >= 15 is 0 Å². The van der Waals surface area contributed by atoms with Crippen LogP contribution >= 0.6 is 24.0 Å². The Balaban J connectivity index is 0.00000280. The van der Waals surface area contributed by atoms with Crippen LogP contribution in [-0.4, -0.2) is 42.4 Å². The lowest BCUT2D eigenvalue weighted by atomic mass is 9.95. The van der Waals surface area contributed by atoms with Gasteiger partial charge in [-0.1, -0.05) is 41.9 Å². The number of nitrogens with one attached hydrogen (secondary N) is 1. The third kappa shape index (κ3) is 5.45. The molecular formula is C20H24Cl2N4O2. The molecule has 0 saturated carbocycles. The Labute approximate surface area is 175 Å². The Kier molecular flexibility index (Phi) is 7.83. The van der Waals surface area contributed by atoms with E-state index in [1.165, 1.54) is 17.7 Å². The standard InChI is InChI=1S/C20H23ClN4O2.ClH/c21-17-10-14(6-7-15(17)20(23)27)24-19(26)8-9-25-11-16(18(22)12-25)13-4-2-1-3-5-13;/h1-7,10,16,18H,8-9,11-12,22H2,(H2,23,27)(H,24,26);1H/t16-,18+;/m0./s1. The van der Waals surface area contributed by atoms with Crippen LogP contribution in [0.1, 0.15) is 28.3 Å². The van der Waals surface area contributed by atoms with E-state index in [1.54, 1.807) is 6.07 Å². The normalized spacial score (nSPS) is 19.1. The molecule has 1 fully saturated rings. The zero-order valence-corrected chi connectivity index (χ0v) is 16.9. The average Bonchev–Trinajstić information content (AvgIpc) is 3.01. The van der Waals surface area contributed by atoms with E-state index in [1.807, 2.05) is 18.2 Å². The number of anilines is 1. The molecule has 1 heterocycles. The van der Waals surface area contributed by atoms with Crippen molar-refractivity contribution in [3.05, 3.63) is 64.7 Å². The van der Waals surface area contributed by atoms with Gasteiger partial charge in [0.15, 0.2) is 0 Å². The molecule has 2 amide bonds. The van der Waals surface area contributed by atoms with Gasteiger partial charge in [-0.05, 0) is 23.8 Å². The van der Waals surface area contributed by atoms with Crippen LogP contribution in [0, 0.1) is 0 Å². The number of halogens is 2. The number of rotatable bonds is 6. The highest BCUT2D eigenvalue weighted by Gasteiger charge is 2.31. The molecule has 8 heteroatoms. The predicted molar refractivity (Wildman–Crippen MR) is 114 cm³/mol. The van der Waals surface area contributed by atoms with Crippen LogP contribution in [0.3, 0.4) is 0 Å². The van der Waals surface area contributed by atoms with E-state index < -0.39 is 5.91 Å². The van der Waals surface area contributed by atoms with E-state index in [-0.39, 0.29) is 40.9 Å². The molecule has 1 aliphatic heterocycles. The van der Waals surface area contributed by atoms with Gasteiger partial charge in [0.05, 0.1) is 10.6 Å². The molecule has 2 aromatic carbocycles. The summed E-state index contributed by atoms with van der Waals surface area (Å²) >= 11 is 6.00. The molecule has 150 valence electrons. The SMILES string of the molecule is Cl.NC(=O)c1ccc(NC(=O)CCN2C[C@@H](N)[C@H](c3ccccc3)C2)cc1Cl. The molecule has 6 nitrogen and oxygen atoms in total. The van der Waals surface area contributed by atoms with Crippen LogP contribution in [0.25, 0.3) is 0 Å². The summed E-state index contributed by atoms with van der Waals surface area (Å²) in [7, 11) is 0. The highest BCUT2D eigenvalue weighted by Crippen LogP contribution is 2.26. The Bertz CT molecular complexity index is 832. The van der Waals surface area contributed by atoms with Crippen molar-refractivity contribution < 1.29 is 9.59 Å². The van der Waals surface area contributed by atoms with E-state index in [4.69, 9.17) is 23.1 Å². The first kappa shape index (κ1) is 22.2. The van der Waals surface area contributed by atoms with Gasteiger partial charge in [0.2, 0.25) is 11.8 Å². The van der Waals surface area contributed by atoms with Crippen LogP contribution in [-0.2, 0) is 4.79 Å². The Morgan fingerprint density at radius 2 is 1.86 bits per heavy atom. The maximum Gasteiger partial charge on any atom is 0.250 e. The zero-order chi connectivity index (χ0) is 19.4. The van der Waals surface area contributed by atoms with Gasteiger partial charge in [0.1, 0.15) is 0 Å². The van der Waals surface area contributed by atoms with Crippen LogP contribution < -0.4 is 16.8 Å². The monoisotopic (exact) mass is 422 g/mol. The zero-order valence-electron chi connectivity index (χ0n) is 15.3. The number of hydrogen-bond acceptors (Lipinski definition) is 4. The van der Waals surface area contributed by atoms with Crippen molar-refractivity contribution in [3.8, 4) is 0 Å². The highest BCUT2D eigenvalue weighted by molar-refractivity contribution is 6.34. The fourth-order valence-electron chi connectivity index (χ4n) is 3.42. The predicted octanol–water partition coefficient (Wildman–Crippen LogP) is 2.62. The summed E-state index contributed by atoms with van der Waals surface area (Å²) in [6, 6.07) is 14.9. The average molecular weight is 423 g/mol. The first-order valence-corrected chi connectivity index (χ1v) is 9.24. The molecule has 0 bridgehead atoms. The first-order valence-electron chi connectivity index (χ1n) is 8.86. The molecule has 1 saturated heterocycles. The number of hydrogen-bond donors (Lipinski definition) is 3. The Hall–Kier alpha value is -2.12. The van der Waals surface area contributed by atoms with Crippen molar-refractivity contribution in [2.45, 2.75) is 18.4 Å². The second kappa shape index (κ2) is 9.89. The molecule has 2 atom stereocenters. The van der Waals surface area contributed by atoms with Crippen molar-refractivity contribution in [1.82, 2.24) is 4.90 Å². The van der Waals surface area contributed by atoms with Gasteiger partial charge < -0.3 is 21.7 Å². The maximum atomic E-state index is 12.2. The van der Waals surface area contributed by atoms with Gasteiger partial charge in [0.25, 0.3) is 0 Å². The quantitative estimate of drug-likeness (QED) is 0.665. The van der Waals surface area contributed by atoms with Gasteiger partial charge in [-0.15, -0.1) is 12.4 Å². The molecule has 1 aliphatic rings. The number of benzene rings is 2. The van der Waals surface area contributed by atoms with Crippen LogP contribution in [0.15, 0.2) is 48.5 Å². The number of likely N-dealkylation sites (tertiary alicyclic amines) is 1. The minimum absolute atomic E-state index is 0. The minimum atomic E-state index is -0.601. The minimum Gasteiger partial charge on any atom is -0.366 e. The van der Waals surface area contributed by atoms with Crippen molar-refractivity contribution in [3.63, 3.8) is 0 Å². The maximum absolute atomic E-state index is 12.2. The number of amides is 2. The van der Waals surface area contributed by atoms with Crippen LogP contribution in [0.2, 0.25) is 5.02 Å². The van der Waals surface area contributed by atoms with Gasteiger partial charge in [-0.25, -0.2) is 0 Å². The third-order valence-corrected chi connectivity index (χ3v) is 5.15. The molecule has 5 N–H and O–H groups in total. The summed E-state index contributed by atoms with van der Waals surface area (Å²) in [5.41, 5.74) is 13.5. The number of primary amides is 1. The molecule has 0 spiro atoms. The van der Waals surface area contributed by atoms with Crippen molar-refractivity contribution in [2.75, 3.05) is 25.0 Å². The van der Waals surface area contributed by atoms with Gasteiger partial charge in [0, 0.05) is 43.7 Å². The molecular weight excluding hydrogens is 399 g/mol. The number of nitrogens with zero attached hydrogens (tertiary/aromatic N) is 1. The Morgan fingerprint density at radius 1 is 1.14 bits per heavy atom. The van der Waals surface area contributed by atoms with Gasteiger partial charge in [-0.2, -0.15) is 0 Å². The van der Waals surface area contributed by atoms with E-state index in [0.29, 0.717) is 18.7 Å². The lowest BCUT2D eigenvalue weighted by Gasteiger charge is -2.16. The molecule has 3 rings (SSSR count). The topological polar surface area (TPSA) is 101 Å². The second-order valence-electron chi connectivity index (χ2n) is 6.80. The number of carbonyl (C=O) groups is 2. The number of nitrogens with two attached hydrogens (primary N) is 2. The molecule has 0 aromatic heterocycles. The smallest absolute Gasteiger partial charge is 0.250 e. The van der Waals surface area contributed by atoms with E-state index in [0.717, 1.165) is 13.1 Å². The first-order chi connectivity index (χ1) is 12.9. The third-order valence-electron chi connectivity index (χ3n) is 4.84. The Morgan fingerprint density at radius 3 is 2.50 bits per heavy atom. The highest BCUT2D eigenvalue weighted by atomic mass is 35.5. The molecule has 0 unspecified atom stereocenters. The van der Waals surface area contributed by atoms with Crippen molar-refractivity contribution >= 4 is 41.5 Å². The lowest BCUT2D eigenvalue weighted by molar-refractivity contribution is -0.116. The lowest BCUT2D eigenvalue weighted by Crippen LogP contribution is -2.30. The van der Waals surface area contributed by atoms with Crippen molar-refractivity contribution in [2.24, 2.45) is 11.5 Å². The summed E-state index contributed by atoms with van der Waals surface area (Å²) in [4.78, 5) is 25.6. The second-order valence-corrected chi connectivity index (χ2v) is 7.20. The van der Waals surface area contributed by atoms with Crippen LogP contribution in [0.5, 0.6) is 0 Å². The summed E-state index contributed by atoms with van der Waals surface area (Å²) < 4.78 is 0. The molecule has 0 radical (unpaired) electrons. The summed E-state index contributed by atoms with van der Waals surface area (Å²) in [6.45, 7) is 2.25. The molecule has 28 heavy (non-hydrogen) atoms. The van der Waals surface area contributed by atoms with E-state index in [2.05, 4.69) is 22.3 Å². The van der Waals surface area contributed by atoms with Gasteiger partial charge in [-0.3, -0.25) is 9.59 Å². The summed E-state index contributed by atoms with van der Waals surface area (Å²) in [5.74, 6) is -0.430. The van der Waals surface area contributed by atoms with Crippen molar-refractivity contribution in [1.29, 1.82) is 0 Å². The summed E-state index contributed by atoms with van der Waals surface area (Å²) in [6.07, 6.45) is 0.351. The summed E-state index contributed by atoms with van der Waals surface area (Å²) in [5, 5.41) is 3.01. The molecule has 2 aromatic rings. The fraction of sp³-hybridized carbons (Fsp3) is 0.300. The fourth-order valence-corrected chi connectivity index (χ4v) is 3.70. The molecule has 0 aliphatic carbocycles. The van der Waals surface area contributed by atoms with Crippen LogP contribution in [0.4, 0.5) is 5.69 Å². The largest absolute Gasteiger partial charge is 0.366 e. The van der Waals surface area contributed by atoms with Gasteiger partial charge >= 0.3 is 0 Å².